The minimum absolute atomic E-state index is 0.00657. The van der Waals surface area contributed by atoms with E-state index in [0.717, 1.165) is 29.3 Å². The number of hydrogen-bond acceptors (Lipinski definition) is 4. The fourth-order valence-corrected chi connectivity index (χ4v) is 3.24. The Hall–Kier alpha value is -1.71. The second-order valence-corrected chi connectivity index (χ2v) is 7.20. The van der Waals surface area contributed by atoms with E-state index < -0.39 is 15.8 Å². The number of nitrogens with zero attached hydrogens (tertiary/aromatic N) is 2. The molecule has 0 aliphatic carbocycles. The van der Waals surface area contributed by atoms with Gasteiger partial charge in [-0.05, 0) is 37.1 Å². The van der Waals surface area contributed by atoms with E-state index in [9.17, 15) is 17.6 Å². The number of halogens is 1. The number of nitrogens with one attached hydrogen (secondary N) is 1. The Morgan fingerprint density at radius 1 is 1.35 bits per heavy atom. The second kappa shape index (κ2) is 7.71. The van der Waals surface area contributed by atoms with Gasteiger partial charge in [-0.3, -0.25) is 4.84 Å². The Morgan fingerprint density at radius 3 is 2.65 bits per heavy atom. The van der Waals surface area contributed by atoms with Gasteiger partial charge in [-0.1, -0.05) is 0 Å². The lowest BCUT2D eigenvalue weighted by atomic mass is 10.3. The number of benzene rings is 1. The molecule has 1 heterocycles. The highest BCUT2D eigenvalue weighted by Crippen LogP contribution is 2.14. The first kappa shape index (κ1) is 17.6. The van der Waals surface area contributed by atoms with Gasteiger partial charge in [0, 0.05) is 20.1 Å². The first-order chi connectivity index (χ1) is 10.9. The molecule has 0 radical (unpaired) electrons. The van der Waals surface area contributed by atoms with Crippen molar-refractivity contribution in [2.45, 2.75) is 17.7 Å². The molecule has 1 aromatic carbocycles. The van der Waals surface area contributed by atoms with E-state index in [-0.39, 0.29) is 24.0 Å². The number of carbonyl (C=O) groups is 1. The number of urea groups is 1. The van der Waals surface area contributed by atoms with Crippen molar-refractivity contribution in [1.82, 2.24) is 14.7 Å². The highest BCUT2D eigenvalue weighted by Gasteiger charge is 2.21. The summed E-state index contributed by atoms with van der Waals surface area (Å²) in [4.78, 5) is 17.0. The van der Waals surface area contributed by atoms with E-state index in [4.69, 9.17) is 4.84 Å². The molecular weight excluding hydrogens is 325 g/mol. The van der Waals surface area contributed by atoms with Crippen LogP contribution in [0.5, 0.6) is 0 Å². The minimum atomic E-state index is -3.71. The third kappa shape index (κ3) is 4.63. The van der Waals surface area contributed by atoms with Crippen molar-refractivity contribution in [1.29, 1.82) is 0 Å². The molecule has 0 saturated carbocycles. The van der Waals surface area contributed by atoms with Gasteiger partial charge < -0.3 is 5.32 Å². The number of rotatable bonds is 5. The summed E-state index contributed by atoms with van der Waals surface area (Å²) >= 11 is 0. The Kier molecular flexibility index (Phi) is 5.91. The Morgan fingerprint density at radius 2 is 2.04 bits per heavy atom. The lowest BCUT2D eigenvalue weighted by molar-refractivity contribution is -0.139. The van der Waals surface area contributed by atoms with Crippen molar-refractivity contribution in [3.05, 3.63) is 30.1 Å². The number of hydroxylamine groups is 2. The van der Waals surface area contributed by atoms with Crippen LogP contribution in [0.25, 0.3) is 0 Å². The smallest absolute Gasteiger partial charge is 0.335 e. The van der Waals surface area contributed by atoms with Crippen molar-refractivity contribution in [3.8, 4) is 0 Å². The van der Waals surface area contributed by atoms with E-state index in [0.29, 0.717) is 13.2 Å². The fraction of sp³-hybridized carbons (Fsp3) is 0.500. The molecule has 23 heavy (non-hydrogen) atoms. The van der Waals surface area contributed by atoms with Gasteiger partial charge in [0.05, 0.1) is 18.0 Å². The standard InChI is InChI=1S/C14H20FN3O4S/c1-17(23(20,21)13-6-4-12(15)5-7-13)10-8-16-14(19)18-9-2-3-11-22-18/h4-7H,2-3,8-11H2,1H3,(H,16,19). The zero-order valence-corrected chi connectivity index (χ0v) is 13.7. The molecule has 1 aromatic rings. The molecule has 1 N–H and O–H groups in total. The van der Waals surface area contributed by atoms with Gasteiger partial charge in [-0.15, -0.1) is 0 Å². The van der Waals surface area contributed by atoms with E-state index in [1.54, 1.807) is 0 Å². The van der Waals surface area contributed by atoms with E-state index in [1.807, 2.05) is 0 Å². The molecule has 0 aromatic heterocycles. The van der Waals surface area contributed by atoms with Gasteiger partial charge in [0.15, 0.2) is 0 Å². The average Bonchev–Trinajstić information content (AvgIpc) is 2.55. The Labute approximate surface area is 135 Å². The summed E-state index contributed by atoms with van der Waals surface area (Å²) in [6.45, 7) is 1.27. The molecule has 2 rings (SSSR count). The SMILES string of the molecule is CN(CCNC(=O)N1CCCCO1)S(=O)(=O)c1ccc(F)cc1. The average molecular weight is 345 g/mol. The summed E-state index contributed by atoms with van der Waals surface area (Å²) in [5.41, 5.74) is 0. The second-order valence-electron chi connectivity index (χ2n) is 5.15. The van der Waals surface area contributed by atoms with Crippen molar-refractivity contribution in [2.24, 2.45) is 0 Å². The van der Waals surface area contributed by atoms with Crippen LogP contribution >= 0.6 is 0 Å². The van der Waals surface area contributed by atoms with Gasteiger partial charge in [-0.2, -0.15) is 4.31 Å². The summed E-state index contributed by atoms with van der Waals surface area (Å²) in [7, 11) is -2.30. The first-order valence-corrected chi connectivity index (χ1v) is 8.75. The van der Waals surface area contributed by atoms with Crippen molar-refractivity contribution >= 4 is 16.1 Å². The Balaban J connectivity index is 1.85. The third-order valence-corrected chi connectivity index (χ3v) is 5.33. The van der Waals surface area contributed by atoms with E-state index in [1.165, 1.54) is 24.2 Å². The molecule has 0 unspecified atom stereocenters. The number of carbonyl (C=O) groups excluding carboxylic acids is 1. The zero-order chi connectivity index (χ0) is 16.9. The summed E-state index contributed by atoms with van der Waals surface area (Å²) in [5, 5.41) is 3.86. The molecule has 9 heteroatoms. The predicted molar refractivity (Wildman–Crippen MR) is 81.5 cm³/mol. The molecule has 1 aliphatic heterocycles. The molecule has 7 nitrogen and oxygen atoms in total. The lowest BCUT2D eigenvalue weighted by Crippen LogP contribution is -2.45. The topological polar surface area (TPSA) is 79.0 Å². The van der Waals surface area contributed by atoms with Crippen LogP contribution in [0.3, 0.4) is 0 Å². The molecular formula is C14H20FN3O4S. The van der Waals surface area contributed by atoms with Gasteiger partial charge in [-0.25, -0.2) is 22.7 Å². The van der Waals surface area contributed by atoms with Crippen LogP contribution in [0, 0.1) is 5.82 Å². The predicted octanol–water partition coefficient (Wildman–Crippen LogP) is 1.18. The van der Waals surface area contributed by atoms with Gasteiger partial charge in [0.1, 0.15) is 5.82 Å². The molecule has 128 valence electrons. The highest BCUT2D eigenvalue weighted by atomic mass is 32.2. The van der Waals surface area contributed by atoms with Crippen LogP contribution in [0.4, 0.5) is 9.18 Å². The Bertz CT molecular complexity index is 630. The maximum absolute atomic E-state index is 12.9. The van der Waals surface area contributed by atoms with Crippen LogP contribution in [0.15, 0.2) is 29.2 Å². The summed E-state index contributed by atoms with van der Waals surface area (Å²) in [6.07, 6.45) is 1.80. The normalized spacial score (nSPS) is 15.7. The molecule has 0 spiro atoms. The largest absolute Gasteiger partial charge is 0.341 e. The molecule has 0 atom stereocenters. The van der Waals surface area contributed by atoms with Crippen molar-refractivity contribution in [3.63, 3.8) is 0 Å². The van der Waals surface area contributed by atoms with Crippen LogP contribution < -0.4 is 5.32 Å². The number of likely N-dealkylation sites (N-methyl/N-ethyl adjacent to an activating group) is 1. The van der Waals surface area contributed by atoms with Crippen LogP contribution in [0.2, 0.25) is 0 Å². The summed E-state index contributed by atoms with van der Waals surface area (Å²) in [6, 6.07) is 4.23. The maximum Gasteiger partial charge on any atom is 0.341 e. The molecule has 1 fully saturated rings. The molecule has 0 bridgehead atoms. The molecule has 2 amide bonds. The summed E-state index contributed by atoms with van der Waals surface area (Å²) in [5.74, 6) is -0.500. The van der Waals surface area contributed by atoms with Crippen LogP contribution in [-0.2, 0) is 14.9 Å². The fourth-order valence-electron chi connectivity index (χ4n) is 2.07. The zero-order valence-electron chi connectivity index (χ0n) is 12.9. The quantitative estimate of drug-likeness (QED) is 0.869. The number of hydrogen-bond donors (Lipinski definition) is 1. The van der Waals surface area contributed by atoms with Crippen molar-refractivity contribution in [2.75, 3.05) is 33.3 Å². The van der Waals surface area contributed by atoms with Gasteiger partial charge >= 0.3 is 6.03 Å². The van der Waals surface area contributed by atoms with Crippen LogP contribution in [-0.4, -0.2) is 57.1 Å². The van der Waals surface area contributed by atoms with E-state index in [2.05, 4.69) is 5.32 Å². The molecule has 1 saturated heterocycles. The first-order valence-electron chi connectivity index (χ1n) is 7.31. The number of amides is 2. The minimum Gasteiger partial charge on any atom is -0.335 e. The summed E-state index contributed by atoms with van der Waals surface area (Å²) < 4.78 is 38.5. The van der Waals surface area contributed by atoms with E-state index >= 15 is 0 Å². The van der Waals surface area contributed by atoms with Gasteiger partial charge in [0.2, 0.25) is 10.0 Å². The maximum atomic E-state index is 12.9. The molecule has 1 aliphatic rings. The monoisotopic (exact) mass is 345 g/mol. The van der Waals surface area contributed by atoms with Crippen molar-refractivity contribution < 1.29 is 22.4 Å². The van der Waals surface area contributed by atoms with Gasteiger partial charge in [0.25, 0.3) is 0 Å². The number of sulfonamides is 1. The highest BCUT2D eigenvalue weighted by molar-refractivity contribution is 7.89. The lowest BCUT2D eigenvalue weighted by Gasteiger charge is -2.26. The third-order valence-electron chi connectivity index (χ3n) is 3.45. The van der Waals surface area contributed by atoms with Crippen LogP contribution in [0.1, 0.15) is 12.8 Å².